The monoisotopic (exact) mass is 435 g/mol. The van der Waals surface area contributed by atoms with Crippen molar-refractivity contribution in [1.82, 2.24) is 20.0 Å². The van der Waals surface area contributed by atoms with Crippen LogP contribution in [0.15, 0.2) is 48.5 Å². The highest BCUT2D eigenvalue weighted by atomic mass is 16.6. The number of hydrogen-bond acceptors (Lipinski definition) is 5. The Hall–Kier alpha value is -4.01. The van der Waals surface area contributed by atoms with Crippen molar-refractivity contribution in [1.29, 1.82) is 0 Å². The van der Waals surface area contributed by atoms with Crippen molar-refractivity contribution in [3.05, 3.63) is 86.7 Å². The molecule has 1 aromatic heterocycles. The summed E-state index contributed by atoms with van der Waals surface area (Å²) in [5.41, 5.74) is 4.09. The maximum absolute atomic E-state index is 12.6. The number of nitro groups is 1. The summed E-state index contributed by atoms with van der Waals surface area (Å²) >= 11 is 0. The highest BCUT2D eigenvalue weighted by molar-refractivity contribution is 5.97. The Bertz CT molecular complexity index is 1170. The number of benzene rings is 2. The van der Waals surface area contributed by atoms with E-state index >= 15 is 0 Å². The molecule has 166 valence electrons. The van der Waals surface area contributed by atoms with E-state index in [4.69, 9.17) is 0 Å². The van der Waals surface area contributed by atoms with E-state index in [-0.39, 0.29) is 23.7 Å². The first-order chi connectivity index (χ1) is 15.2. The molecule has 0 atom stereocenters. The fourth-order valence-corrected chi connectivity index (χ4v) is 3.39. The van der Waals surface area contributed by atoms with E-state index in [1.807, 2.05) is 48.9 Å². The summed E-state index contributed by atoms with van der Waals surface area (Å²) in [6.45, 7) is 5.57. The molecule has 0 unspecified atom stereocenters. The van der Waals surface area contributed by atoms with Gasteiger partial charge in [-0.2, -0.15) is 5.10 Å². The predicted octanol–water partition coefficient (Wildman–Crippen LogP) is 3.09. The second kappa shape index (κ2) is 9.42. The minimum absolute atomic E-state index is 0.133. The summed E-state index contributed by atoms with van der Waals surface area (Å²) in [7, 11) is 1.66. The number of nitro benzene ring substituents is 1. The number of para-hydroxylation sites is 1. The van der Waals surface area contributed by atoms with E-state index in [0.717, 1.165) is 22.6 Å². The van der Waals surface area contributed by atoms with Gasteiger partial charge in [0.25, 0.3) is 11.6 Å². The Morgan fingerprint density at radius 1 is 1.12 bits per heavy atom. The van der Waals surface area contributed by atoms with Gasteiger partial charge in [0.05, 0.1) is 22.8 Å². The summed E-state index contributed by atoms with van der Waals surface area (Å²) in [5, 5.41) is 18.2. The third kappa shape index (κ3) is 4.83. The minimum atomic E-state index is -0.542. The predicted molar refractivity (Wildman–Crippen MR) is 120 cm³/mol. The SMILES string of the molecule is Cc1ccc(C(=O)NCC(=O)N(C)Cc2c(C)nn(-c3ccccc3)c2C)cc1[N+](=O)[O-]. The van der Waals surface area contributed by atoms with Gasteiger partial charge in [-0.15, -0.1) is 0 Å². The van der Waals surface area contributed by atoms with Crippen LogP contribution in [0.3, 0.4) is 0 Å². The highest BCUT2D eigenvalue weighted by Crippen LogP contribution is 2.20. The number of aryl methyl sites for hydroxylation is 2. The molecule has 0 saturated heterocycles. The fraction of sp³-hybridized carbons (Fsp3) is 0.261. The van der Waals surface area contributed by atoms with E-state index < -0.39 is 10.8 Å². The van der Waals surface area contributed by atoms with Crippen LogP contribution in [0.1, 0.15) is 32.9 Å². The van der Waals surface area contributed by atoms with Crippen molar-refractivity contribution in [3.8, 4) is 5.69 Å². The highest BCUT2D eigenvalue weighted by Gasteiger charge is 2.19. The number of hydrogen-bond donors (Lipinski definition) is 1. The quantitative estimate of drug-likeness (QED) is 0.453. The number of likely N-dealkylation sites (N-methyl/N-ethyl adjacent to an activating group) is 1. The molecular formula is C23H25N5O4. The number of carbonyl (C=O) groups excluding carboxylic acids is 2. The zero-order valence-electron chi connectivity index (χ0n) is 18.5. The molecule has 0 bridgehead atoms. The van der Waals surface area contributed by atoms with Gasteiger partial charge in [-0.3, -0.25) is 19.7 Å². The molecule has 0 fully saturated rings. The molecular weight excluding hydrogens is 410 g/mol. The lowest BCUT2D eigenvalue weighted by molar-refractivity contribution is -0.385. The second-order valence-corrected chi connectivity index (χ2v) is 7.59. The third-order valence-electron chi connectivity index (χ3n) is 5.33. The van der Waals surface area contributed by atoms with Crippen LogP contribution in [0.5, 0.6) is 0 Å². The van der Waals surface area contributed by atoms with E-state index in [1.54, 1.807) is 14.0 Å². The van der Waals surface area contributed by atoms with Crippen molar-refractivity contribution in [2.45, 2.75) is 27.3 Å². The number of carbonyl (C=O) groups is 2. The second-order valence-electron chi connectivity index (χ2n) is 7.59. The van der Waals surface area contributed by atoms with Crippen LogP contribution >= 0.6 is 0 Å². The molecule has 1 N–H and O–H groups in total. The zero-order chi connectivity index (χ0) is 23.4. The third-order valence-corrected chi connectivity index (χ3v) is 5.33. The smallest absolute Gasteiger partial charge is 0.273 e. The van der Waals surface area contributed by atoms with Gasteiger partial charge in [-0.25, -0.2) is 4.68 Å². The lowest BCUT2D eigenvalue weighted by Gasteiger charge is -2.18. The largest absolute Gasteiger partial charge is 0.343 e. The van der Waals surface area contributed by atoms with Crippen LogP contribution < -0.4 is 5.32 Å². The normalized spacial score (nSPS) is 10.6. The first-order valence-corrected chi connectivity index (χ1v) is 10.1. The number of nitrogens with one attached hydrogen (secondary N) is 1. The molecule has 0 aliphatic carbocycles. The Morgan fingerprint density at radius 2 is 1.81 bits per heavy atom. The van der Waals surface area contributed by atoms with Gasteiger partial charge in [0.2, 0.25) is 5.91 Å². The van der Waals surface area contributed by atoms with Crippen LogP contribution in [0.25, 0.3) is 5.69 Å². The van der Waals surface area contributed by atoms with Crippen LogP contribution in [0.4, 0.5) is 5.69 Å². The number of nitrogens with zero attached hydrogens (tertiary/aromatic N) is 4. The van der Waals surface area contributed by atoms with Crippen molar-refractivity contribution in [2.24, 2.45) is 0 Å². The summed E-state index contributed by atoms with van der Waals surface area (Å²) < 4.78 is 1.84. The molecule has 0 saturated carbocycles. The molecule has 32 heavy (non-hydrogen) atoms. The molecule has 0 aliphatic heterocycles. The minimum Gasteiger partial charge on any atom is -0.343 e. The van der Waals surface area contributed by atoms with Gasteiger partial charge in [-0.1, -0.05) is 24.3 Å². The van der Waals surface area contributed by atoms with Crippen LogP contribution in [0, 0.1) is 30.9 Å². The van der Waals surface area contributed by atoms with Crippen LogP contribution in [-0.4, -0.2) is 45.0 Å². The topological polar surface area (TPSA) is 110 Å². The Kier molecular flexibility index (Phi) is 6.67. The lowest BCUT2D eigenvalue weighted by atomic mass is 10.1. The molecule has 9 heteroatoms. The Labute approximate surface area is 185 Å². The van der Waals surface area contributed by atoms with Crippen molar-refractivity contribution in [2.75, 3.05) is 13.6 Å². The van der Waals surface area contributed by atoms with Crippen molar-refractivity contribution < 1.29 is 14.5 Å². The maximum Gasteiger partial charge on any atom is 0.273 e. The van der Waals surface area contributed by atoms with Crippen molar-refractivity contribution >= 4 is 17.5 Å². The summed E-state index contributed by atoms with van der Waals surface area (Å²) in [5.74, 6) is -0.828. The molecule has 2 aromatic carbocycles. The summed E-state index contributed by atoms with van der Waals surface area (Å²) in [6, 6.07) is 14.0. The molecule has 2 amide bonds. The molecule has 3 rings (SSSR count). The number of rotatable bonds is 7. The molecule has 3 aromatic rings. The van der Waals surface area contributed by atoms with Crippen LogP contribution in [-0.2, 0) is 11.3 Å². The lowest BCUT2D eigenvalue weighted by Crippen LogP contribution is -2.38. The first-order valence-electron chi connectivity index (χ1n) is 10.1. The number of amides is 2. The van der Waals surface area contributed by atoms with Gasteiger partial charge in [0.1, 0.15) is 0 Å². The van der Waals surface area contributed by atoms with Gasteiger partial charge in [0.15, 0.2) is 0 Å². The molecule has 0 spiro atoms. The van der Waals surface area contributed by atoms with E-state index in [2.05, 4.69) is 10.4 Å². The summed E-state index contributed by atoms with van der Waals surface area (Å²) in [4.78, 5) is 37.0. The zero-order valence-corrected chi connectivity index (χ0v) is 18.5. The molecule has 0 radical (unpaired) electrons. The van der Waals surface area contributed by atoms with Crippen LogP contribution in [0.2, 0.25) is 0 Å². The molecule has 0 aliphatic rings. The fourth-order valence-electron chi connectivity index (χ4n) is 3.39. The Morgan fingerprint density at radius 3 is 2.47 bits per heavy atom. The molecule has 9 nitrogen and oxygen atoms in total. The Balaban J connectivity index is 1.65. The van der Waals surface area contributed by atoms with Gasteiger partial charge >= 0.3 is 0 Å². The van der Waals surface area contributed by atoms with E-state index in [9.17, 15) is 19.7 Å². The van der Waals surface area contributed by atoms with Gasteiger partial charge in [0, 0.05) is 42.0 Å². The molecule has 1 heterocycles. The number of aromatic nitrogens is 2. The van der Waals surface area contributed by atoms with Gasteiger partial charge < -0.3 is 10.2 Å². The first kappa shape index (κ1) is 22.7. The van der Waals surface area contributed by atoms with Gasteiger partial charge in [-0.05, 0) is 39.0 Å². The standard InChI is InChI=1S/C23H25N5O4/c1-15-10-11-18(12-21(15)28(31)32)23(30)24-13-22(29)26(4)14-20-16(2)25-27(17(20)3)19-8-6-5-7-9-19/h5-12H,13-14H2,1-4H3,(H,24,30). The van der Waals surface area contributed by atoms with E-state index in [0.29, 0.717) is 12.1 Å². The van der Waals surface area contributed by atoms with Crippen molar-refractivity contribution in [3.63, 3.8) is 0 Å². The summed E-state index contributed by atoms with van der Waals surface area (Å²) in [6.07, 6.45) is 0. The van der Waals surface area contributed by atoms with E-state index in [1.165, 1.54) is 23.1 Å². The average molecular weight is 435 g/mol. The maximum atomic E-state index is 12.6. The average Bonchev–Trinajstić information content (AvgIpc) is 3.06.